The quantitative estimate of drug-likeness (QED) is 0.609. The second kappa shape index (κ2) is 8.33. The first-order chi connectivity index (χ1) is 11.7. The summed E-state index contributed by atoms with van der Waals surface area (Å²) < 4.78 is 0. The number of anilines is 1. The summed E-state index contributed by atoms with van der Waals surface area (Å²) in [5.41, 5.74) is 1.06. The van der Waals surface area contributed by atoms with Crippen molar-refractivity contribution in [1.82, 2.24) is 4.98 Å². The Bertz CT molecular complexity index is 821. The molecule has 1 aromatic heterocycles. The highest BCUT2D eigenvalue weighted by molar-refractivity contribution is 8.00. The summed E-state index contributed by atoms with van der Waals surface area (Å²) in [4.78, 5) is 18.4. The number of amides is 1. The number of thioether (sulfide) groups is 1. The fraction of sp³-hybridized carbons (Fsp3) is 0.111. The van der Waals surface area contributed by atoms with Crippen molar-refractivity contribution in [2.75, 3.05) is 11.1 Å². The second-order valence-corrected chi connectivity index (χ2v) is 7.62. The lowest BCUT2D eigenvalue weighted by atomic mass is 10.1. The van der Waals surface area contributed by atoms with Crippen LogP contribution >= 0.6 is 34.7 Å². The van der Waals surface area contributed by atoms with Crippen LogP contribution in [0.25, 0.3) is 0 Å². The average Bonchev–Trinajstić information content (AvgIpc) is 3.03. The fourth-order valence-electron chi connectivity index (χ4n) is 2.10. The monoisotopic (exact) mass is 374 g/mol. The summed E-state index contributed by atoms with van der Waals surface area (Å²) in [6.45, 7) is 0. The molecule has 0 bridgehead atoms. The third-order valence-corrected chi connectivity index (χ3v) is 5.53. The molecule has 0 saturated heterocycles. The molecule has 0 radical (unpaired) electrons. The molecule has 0 aliphatic rings. The summed E-state index contributed by atoms with van der Waals surface area (Å²) in [6.07, 6.45) is 2.50. The number of nitrogens with one attached hydrogen (secondary N) is 1. The van der Waals surface area contributed by atoms with Gasteiger partial charge in [-0.2, -0.15) is 0 Å². The van der Waals surface area contributed by atoms with Crippen molar-refractivity contribution in [3.8, 4) is 0 Å². The number of hydrogen-bond donors (Lipinski definition) is 1. The molecular weight excluding hydrogens is 360 g/mol. The van der Waals surface area contributed by atoms with E-state index in [1.807, 2.05) is 54.6 Å². The van der Waals surface area contributed by atoms with Crippen LogP contribution in [0.3, 0.4) is 0 Å². The van der Waals surface area contributed by atoms with E-state index in [2.05, 4.69) is 10.3 Å². The highest BCUT2D eigenvalue weighted by Gasteiger charge is 2.09. The van der Waals surface area contributed by atoms with Gasteiger partial charge in [-0.3, -0.25) is 4.79 Å². The van der Waals surface area contributed by atoms with Gasteiger partial charge in [-0.1, -0.05) is 48.0 Å². The maximum Gasteiger partial charge on any atom is 0.236 e. The summed E-state index contributed by atoms with van der Waals surface area (Å²) >= 11 is 9.16. The van der Waals surface area contributed by atoms with Crippen molar-refractivity contribution < 1.29 is 4.79 Å². The standard InChI is InChI=1S/C18H15ClN2OS2/c19-16-9-5-4-6-13(16)10-15-11-20-18(24-15)21-17(22)12-23-14-7-2-1-3-8-14/h1-9,11H,10,12H2,(H,20,21,22). The molecule has 0 unspecified atom stereocenters. The smallest absolute Gasteiger partial charge is 0.236 e. The van der Waals surface area contributed by atoms with Crippen LogP contribution in [0.1, 0.15) is 10.4 Å². The molecule has 3 nitrogen and oxygen atoms in total. The van der Waals surface area contributed by atoms with E-state index in [1.165, 1.54) is 23.1 Å². The van der Waals surface area contributed by atoms with Gasteiger partial charge in [-0.15, -0.1) is 23.1 Å². The molecule has 2 aromatic carbocycles. The first kappa shape index (κ1) is 17.0. The van der Waals surface area contributed by atoms with E-state index in [0.717, 1.165) is 20.4 Å². The number of aromatic nitrogens is 1. The fourth-order valence-corrected chi connectivity index (χ4v) is 3.87. The van der Waals surface area contributed by atoms with Crippen LogP contribution in [0.2, 0.25) is 5.02 Å². The first-order valence-electron chi connectivity index (χ1n) is 7.36. The number of benzene rings is 2. The number of halogens is 1. The van der Waals surface area contributed by atoms with Gasteiger partial charge >= 0.3 is 0 Å². The Morgan fingerprint density at radius 2 is 1.88 bits per heavy atom. The highest BCUT2D eigenvalue weighted by Crippen LogP contribution is 2.25. The van der Waals surface area contributed by atoms with Gasteiger partial charge in [0.15, 0.2) is 5.13 Å². The Morgan fingerprint density at radius 3 is 2.67 bits per heavy atom. The molecule has 24 heavy (non-hydrogen) atoms. The number of nitrogens with zero attached hydrogens (tertiary/aromatic N) is 1. The van der Waals surface area contributed by atoms with Crippen LogP contribution in [0.15, 0.2) is 65.7 Å². The molecule has 1 N–H and O–H groups in total. The Labute approximate surface area is 154 Å². The Hall–Kier alpha value is -1.82. The van der Waals surface area contributed by atoms with Crippen molar-refractivity contribution in [3.63, 3.8) is 0 Å². The molecule has 6 heteroatoms. The third-order valence-electron chi connectivity index (χ3n) is 3.24. The largest absolute Gasteiger partial charge is 0.301 e. The van der Waals surface area contributed by atoms with E-state index in [9.17, 15) is 4.79 Å². The molecule has 0 saturated carbocycles. The minimum Gasteiger partial charge on any atom is -0.301 e. The molecular formula is C18H15ClN2OS2. The number of rotatable bonds is 6. The highest BCUT2D eigenvalue weighted by atomic mass is 35.5. The van der Waals surface area contributed by atoms with Crippen LogP contribution in [-0.4, -0.2) is 16.6 Å². The minimum absolute atomic E-state index is 0.0532. The van der Waals surface area contributed by atoms with E-state index >= 15 is 0 Å². The Kier molecular flexibility index (Phi) is 5.91. The van der Waals surface area contributed by atoms with Crippen LogP contribution < -0.4 is 5.32 Å². The molecule has 122 valence electrons. The first-order valence-corrected chi connectivity index (χ1v) is 9.54. The van der Waals surface area contributed by atoms with Crippen molar-refractivity contribution in [1.29, 1.82) is 0 Å². The van der Waals surface area contributed by atoms with Gasteiger partial charge in [0.2, 0.25) is 5.91 Å². The number of carbonyl (C=O) groups is 1. The average molecular weight is 375 g/mol. The molecule has 1 amide bonds. The summed E-state index contributed by atoms with van der Waals surface area (Å²) in [5.74, 6) is 0.311. The molecule has 0 fully saturated rings. The Morgan fingerprint density at radius 1 is 1.12 bits per heavy atom. The predicted molar refractivity (Wildman–Crippen MR) is 102 cm³/mol. The zero-order chi connectivity index (χ0) is 16.8. The lowest BCUT2D eigenvalue weighted by molar-refractivity contribution is -0.113. The van der Waals surface area contributed by atoms with Gasteiger partial charge in [0.25, 0.3) is 0 Å². The number of carbonyl (C=O) groups excluding carboxylic acids is 1. The number of thiazole rings is 1. The summed E-state index contributed by atoms with van der Waals surface area (Å²) in [7, 11) is 0. The van der Waals surface area contributed by atoms with Crippen LogP contribution in [0.5, 0.6) is 0 Å². The Balaban J connectivity index is 1.54. The predicted octanol–water partition coefficient (Wildman–Crippen LogP) is 5.12. The third kappa shape index (κ3) is 4.84. The van der Waals surface area contributed by atoms with E-state index in [-0.39, 0.29) is 5.91 Å². The SMILES string of the molecule is O=C(CSc1ccccc1)Nc1ncc(Cc2ccccc2Cl)s1. The normalized spacial score (nSPS) is 10.5. The van der Waals surface area contributed by atoms with Crippen LogP contribution in [0.4, 0.5) is 5.13 Å². The molecule has 3 aromatic rings. The summed E-state index contributed by atoms with van der Waals surface area (Å²) in [5, 5.41) is 4.21. The van der Waals surface area contributed by atoms with Gasteiger partial charge in [-0.05, 0) is 23.8 Å². The molecule has 3 rings (SSSR count). The lowest BCUT2D eigenvalue weighted by Gasteiger charge is -2.02. The topological polar surface area (TPSA) is 42.0 Å². The van der Waals surface area contributed by atoms with Crippen molar-refractivity contribution >= 4 is 45.7 Å². The van der Waals surface area contributed by atoms with Crippen molar-refractivity contribution in [3.05, 3.63) is 76.3 Å². The van der Waals surface area contributed by atoms with Gasteiger partial charge < -0.3 is 5.32 Å². The van der Waals surface area contributed by atoms with E-state index < -0.39 is 0 Å². The maximum atomic E-state index is 12.0. The lowest BCUT2D eigenvalue weighted by Crippen LogP contribution is -2.13. The summed E-state index contributed by atoms with van der Waals surface area (Å²) in [6, 6.07) is 17.6. The number of hydrogen-bond acceptors (Lipinski definition) is 4. The molecule has 0 spiro atoms. The minimum atomic E-state index is -0.0532. The van der Waals surface area contributed by atoms with Crippen LogP contribution in [0, 0.1) is 0 Å². The van der Waals surface area contributed by atoms with Crippen molar-refractivity contribution in [2.24, 2.45) is 0 Å². The molecule has 0 aliphatic heterocycles. The second-order valence-electron chi connectivity index (χ2n) is 5.05. The van der Waals surface area contributed by atoms with Gasteiger partial charge in [0, 0.05) is 27.4 Å². The molecule has 1 heterocycles. The zero-order valence-corrected chi connectivity index (χ0v) is 15.1. The van der Waals surface area contributed by atoms with Gasteiger partial charge in [-0.25, -0.2) is 4.98 Å². The maximum absolute atomic E-state index is 12.0. The van der Waals surface area contributed by atoms with Crippen molar-refractivity contribution in [2.45, 2.75) is 11.3 Å². The van der Waals surface area contributed by atoms with E-state index in [4.69, 9.17) is 11.6 Å². The van der Waals surface area contributed by atoms with Gasteiger partial charge in [0.05, 0.1) is 5.75 Å². The van der Waals surface area contributed by atoms with E-state index in [1.54, 1.807) is 6.20 Å². The molecule has 0 atom stereocenters. The zero-order valence-electron chi connectivity index (χ0n) is 12.7. The van der Waals surface area contributed by atoms with Gasteiger partial charge in [0.1, 0.15) is 0 Å². The van der Waals surface area contributed by atoms with Crippen LogP contribution in [-0.2, 0) is 11.2 Å². The van der Waals surface area contributed by atoms with E-state index in [0.29, 0.717) is 17.3 Å². The molecule has 0 aliphatic carbocycles.